The number of aromatic nitrogens is 1. The summed E-state index contributed by atoms with van der Waals surface area (Å²) >= 11 is 0. The van der Waals surface area contributed by atoms with Crippen molar-refractivity contribution in [3.63, 3.8) is 0 Å². The van der Waals surface area contributed by atoms with E-state index in [1.54, 1.807) is 0 Å². The Balaban J connectivity index is 2.54. The maximum absolute atomic E-state index is 4.51. The highest BCUT2D eigenvalue weighted by Gasteiger charge is 2.05. The monoisotopic (exact) mass is 249 g/mol. The fraction of sp³-hybridized carbons (Fsp3) is 0.667. The quantitative estimate of drug-likeness (QED) is 0.760. The molecule has 1 heterocycles. The van der Waals surface area contributed by atoms with Crippen LogP contribution in [0.2, 0.25) is 0 Å². The van der Waals surface area contributed by atoms with Gasteiger partial charge in [0.1, 0.15) is 5.82 Å². The van der Waals surface area contributed by atoms with Crippen molar-refractivity contribution < 1.29 is 0 Å². The van der Waals surface area contributed by atoms with Crippen molar-refractivity contribution in [2.75, 3.05) is 29.9 Å². The van der Waals surface area contributed by atoms with Crippen LogP contribution in [0.15, 0.2) is 18.3 Å². The van der Waals surface area contributed by atoms with E-state index in [9.17, 15) is 0 Å². The first kappa shape index (κ1) is 14.8. The molecule has 0 bridgehead atoms. The van der Waals surface area contributed by atoms with Crippen LogP contribution in [0.25, 0.3) is 0 Å². The van der Waals surface area contributed by atoms with Crippen LogP contribution in [0.5, 0.6) is 0 Å². The predicted octanol–water partition coefficient (Wildman–Crippen LogP) is 3.78. The van der Waals surface area contributed by atoms with Gasteiger partial charge in [-0.15, -0.1) is 0 Å². The van der Waals surface area contributed by atoms with E-state index in [2.05, 4.69) is 55.0 Å². The lowest BCUT2D eigenvalue weighted by Gasteiger charge is -2.20. The molecule has 0 spiro atoms. The van der Waals surface area contributed by atoms with E-state index in [0.717, 1.165) is 37.1 Å². The maximum atomic E-state index is 4.51. The molecule has 0 aliphatic heterocycles. The molecule has 1 aromatic heterocycles. The fourth-order valence-corrected chi connectivity index (χ4v) is 2.06. The molecule has 0 fully saturated rings. The molecular formula is C15H27N3. The van der Waals surface area contributed by atoms with Gasteiger partial charge < -0.3 is 10.2 Å². The second kappa shape index (κ2) is 7.96. The Kier molecular flexibility index (Phi) is 6.55. The first-order valence-corrected chi connectivity index (χ1v) is 7.19. The van der Waals surface area contributed by atoms with Crippen LogP contribution in [0.4, 0.5) is 11.5 Å². The van der Waals surface area contributed by atoms with Crippen molar-refractivity contribution in [2.45, 2.75) is 40.5 Å². The molecule has 18 heavy (non-hydrogen) atoms. The summed E-state index contributed by atoms with van der Waals surface area (Å²) in [5, 5.41) is 3.47. The Morgan fingerprint density at radius 3 is 2.22 bits per heavy atom. The average molecular weight is 249 g/mol. The van der Waals surface area contributed by atoms with Crippen LogP contribution in [-0.4, -0.2) is 24.6 Å². The summed E-state index contributed by atoms with van der Waals surface area (Å²) in [6, 6.07) is 4.23. The molecule has 3 nitrogen and oxygen atoms in total. The van der Waals surface area contributed by atoms with Gasteiger partial charge >= 0.3 is 0 Å². The van der Waals surface area contributed by atoms with Crippen molar-refractivity contribution in [3.05, 3.63) is 18.3 Å². The van der Waals surface area contributed by atoms with Crippen molar-refractivity contribution in [3.8, 4) is 0 Å². The first-order chi connectivity index (χ1) is 8.74. The Bertz CT molecular complexity index is 313. The van der Waals surface area contributed by atoms with Gasteiger partial charge in [-0.3, -0.25) is 0 Å². The topological polar surface area (TPSA) is 28.2 Å². The zero-order valence-electron chi connectivity index (χ0n) is 12.2. The Labute approximate surface area is 112 Å². The molecule has 0 aliphatic carbocycles. The summed E-state index contributed by atoms with van der Waals surface area (Å²) in [7, 11) is 0. The lowest BCUT2D eigenvalue weighted by Crippen LogP contribution is -2.22. The van der Waals surface area contributed by atoms with Crippen LogP contribution in [0.3, 0.4) is 0 Å². The van der Waals surface area contributed by atoms with Crippen LogP contribution in [0, 0.1) is 5.92 Å². The van der Waals surface area contributed by atoms with E-state index in [4.69, 9.17) is 0 Å². The maximum Gasteiger partial charge on any atom is 0.128 e. The highest BCUT2D eigenvalue weighted by atomic mass is 15.2. The Hall–Kier alpha value is -1.25. The minimum Gasteiger partial charge on any atom is -0.384 e. The lowest BCUT2D eigenvalue weighted by atomic mass is 10.0. The van der Waals surface area contributed by atoms with Crippen LogP contribution in [-0.2, 0) is 0 Å². The van der Waals surface area contributed by atoms with Gasteiger partial charge in [0.2, 0.25) is 0 Å². The number of hydrogen-bond acceptors (Lipinski definition) is 3. The first-order valence-electron chi connectivity index (χ1n) is 7.19. The molecule has 0 aromatic carbocycles. The molecule has 0 radical (unpaired) electrons. The minimum atomic E-state index is 0.757. The van der Waals surface area contributed by atoms with Crippen molar-refractivity contribution in [1.82, 2.24) is 4.98 Å². The number of nitrogens with one attached hydrogen (secondary N) is 1. The third-order valence-corrected chi connectivity index (χ3v) is 3.58. The van der Waals surface area contributed by atoms with Gasteiger partial charge in [-0.1, -0.05) is 26.7 Å². The van der Waals surface area contributed by atoms with E-state index >= 15 is 0 Å². The highest BCUT2D eigenvalue weighted by molar-refractivity contribution is 5.48. The third-order valence-electron chi connectivity index (χ3n) is 3.58. The summed E-state index contributed by atoms with van der Waals surface area (Å²) in [5.74, 6) is 1.82. The molecule has 0 unspecified atom stereocenters. The van der Waals surface area contributed by atoms with Crippen molar-refractivity contribution >= 4 is 11.5 Å². The molecule has 0 atom stereocenters. The molecular weight excluding hydrogens is 222 g/mol. The van der Waals surface area contributed by atoms with E-state index < -0.39 is 0 Å². The van der Waals surface area contributed by atoms with Gasteiger partial charge in [-0.2, -0.15) is 0 Å². The highest BCUT2D eigenvalue weighted by Crippen LogP contribution is 2.15. The molecule has 0 aliphatic rings. The van der Waals surface area contributed by atoms with E-state index in [-0.39, 0.29) is 0 Å². The lowest BCUT2D eigenvalue weighted by molar-refractivity contribution is 0.519. The van der Waals surface area contributed by atoms with Gasteiger partial charge in [0.25, 0.3) is 0 Å². The van der Waals surface area contributed by atoms with Crippen LogP contribution < -0.4 is 10.2 Å². The molecule has 102 valence electrons. The number of pyridine rings is 1. The minimum absolute atomic E-state index is 0.757. The molecule has 1 aromatic rings. The number of hydrogen-bond donors (Lipinski definition) is 1. The van der Waals surface area contributed by atoms with Gasteiger partial charge in [-0.05, 0) is 31.9 Å². The number of rotatable bonds is 8. The van der Waals surface area contributed by atoms with Crippen molar-refractivity contribution in [2.24, 2.45) is 5.92 Å². The van der Waals surface area contributed by atoms with Gasteiger partial charge in [0.15, 0.2) is 0 Å². The van der Waals surface area contributed by atoms with Crippen LogP contribution in [0.1, 0.15) is 40.5 Å². The third kappa shape index (κ3) is 4.21. The van der Waals surface area contributed by atoms with Gasteiger partial charge in [0.05, 0.1) is 11.9 Å². The zero-order chi connectivity index (χ0) is 13.4. The summed E-state index contributed by atoms with van der Waals surface area (Å²) < 4.78 is 0. The SMILES string of the molecule is CCC(CC)CNc1ccc(N(CC)CC)nc1. The van der Waals surface area contributed by atoms with E-state index in [1.165, 1.54) is 12.8 Å². The average Bonchev–Trinajstić information content (AvgIpc) is 2.43. The number of anilines is 2. The second-order valence-corrected chi connectivity index (χ2v) is 4.64. The largest absolute Gasteiger partial charge is 0.384 e. The molecule has 1 rings (SSSR count). The standard InChI is InChI=1S/C15H27N3/c1-5-13(6-2)11-16-14-9-10-15(17-12-14)18(7-3)8-4/h9-10,12-13,16H,5-8,11H2,1-4H3. The molecule has 0 saturated carbocycles. The second-order valence-electron chi connectivity index (χ2n) is 4.64. The summed E-state index contributed by atoms with van der Waals surface area (Å²) in [4.78, 5) is 6.77. The Morgan fingerprint density at radius 2 is 1.78 bits per heavy atom. The fourth-order valence-electron chi connectivity index (χ4n) is 2.06. The predicted molar refractivity (Wildman–Crippen MR) is 80.4 cm³/mol. The van der Waals surface area contributed by atoms with Crippen LogP contribution >= 0.6 is 0 Å². The van der Waals surface area contributed by atoms with E-state index in [1.807, 2.05) is 6.20 Å². The Morgan fingerprint density at radius 1 is 1.11 bits per heavy atom. The smallest absolute Gasteiger partial charge is 0.128 e. The number of nitrogens with zero attached hydrogens (tertiary/aromatic N) is 2. The van der Waals surface area contributed by atoms with Crippen molar-refractivity contribution in [1.29, 1.82) is 0 Å². The molecule has 1 N–H and O–H groups in total. The normalized spacial score (nSPS) is 10.7. The summed E-state index contributed by atoms with van der Waals surface area (Å²) in [5.41, 5.74) is 1.12. The summed E-state index contributed by atoms with van der Waals surface area (Å²) in [6.45, 7) is 11.9. The molecule has 0 amide bonds. The zero-order valence-corrected chi connectivity index (χ0v) is 12.2. The summed E-state index contributed by atoms with van der Waals surface area (Å²) in [6.07, 6.45) is 4.40. The molecule has 0 saturated heterocycles. The van der Waals surface area contributed by atoms with E-state index in [0.29, 0.717) is 0 Å². The van der Waals surface area contributed by atoms with Gasteiger partial charge in [0, 0.05) is 19.6 Å². The van der Waals surface area contributed by atoms with Gasteiger partial charge in [-0.25, -0.2) is 4.98 Å². The molecule has 3 heteroatoms.